The number of allylic oxidation sites excluding steroid dienone is 3. The highest BCUT2D eigenvalue weighted by atomic mass is 16.3. The molecule has 0 aromatic rings. The van der Waals surface area contributed by atoms with Crippen molar-refractivity contribution < 1.29 is 9.90 Å². The summed E-state index contributed by atoms with van der Waals surface area (Å²) in [6, 6.07) is 0. The maximum absolute atomic E-state index is 11.3. The van der Waals surface area contributed by atoms with Crippen molar-refractivity contribution in [2.45, 2.75) is 33.1 Å². The van der Waals surface area contributed by atoms with Gasteiger partial charge in [-0.25, -0.2) is 0 Å². The molecule has 14 heavy (non-hydrogen) atoms. The third-order valence-corrected chi connectivity index (χ3v) is 3.79. The molecular formula is C12H16O2. The Bertz CT molecular complexity index is 338. The lowest BCUT2D eigenvalue weighted by Gasteiger charge is -2.41. The first-order valence-corrected chi connectivity index (χ1v) is 5.21. The quantitative estimate of drug-likeness (QED) is 0.640. The van der Waals surface area contributed by atoms with Crippen molar-refractivity contribution in [3.8, 4) is 0 Å². The van der Waals surface area contributed by atoms with Crippen LogP contribution in [0.3, 0.4) is 0 Å². The summed E-state index contributed by atoms with van der Waals surface area (Å²) in [4.78, 5) is 11.3. The van der Waals surface area contributed by atoms with Crippen molar-refractivity contribution in [1.82, 2.24) is 0 Å². The summed E-state index contributed by atoms with van der Waals surface area (Å²) in [5.41, 5.74) is 1.11. The first-order valence-electron chi connectivity index (χ1n) is 5.21. The van der Waals surface area contributed by atoms with Gasteiger partial charge in [-0.05, 0) is 37.3 Å². The van der Waals surface area contributed by atoms with Gasteiger partial charge in [-0.2, -0.15) is 0 Å². The third kappa shape index (κ3) is 1.21. The number of hydrogen-bond donors (Lipinski definition) is 1. The van der Waals surface area contributed by atoms with E-state index in [2.05, 4.69) is 13.8 Å². The molecule has 2 unspecified atom stereocenters. The Kier molecular flexibility index (Phi) is 2.02. The second kappa shape index (κ2) is 2.97. The van der Waals surface area contributed by atoms with Crippen LogP contribution >= 0.6 is 0 Å². The fraction of sp³-hybridized carbons (Fsp3) is 0.583. The van der Waals surface area contributed by atoms with E-state index in [0.29, 0.717) is 5.92 Å². The molecule has 0 radical (unpaired) electrons. The van der Waals surface area contributed by atoms with Crippen molar-refractivity contribution in [3.05, 3.63) is 23.5 Å². The Morgan fingerprint density at radius 3 is 3.00 bits per heavy atom. The predicted molar refractivity (Wildman–Crippen MR) is 54.9 cm³/mol. The van der Waals surface area contributed by atoms with Crippen LogP contribution in [0.2, 0.25) is 0 Å². The average molecular weight is 192 g/mol. The van der Waals surface area contributed by atoms with Crippen LogP contribution in [0.5, 0.6) is 0 Å². The van der Waals surface area contributed by atoms with Crippen LogP contribution in [-0.4, -0.2) is 10.9 Å². The van der Waals surface area contributed by atoms with E-state index in [9.17, 15) is 9.90 Å². The second-order valence-electron chi connectivity index (χ2n) is 4.64. The normalized spacial score (nSPS) is 37.3. The van der Waals surface area contributed by atoms with Gasteiger partial charge in [0.15, 0.2) is 5.76 Å². The van der Waals surface area contributed by atoms with Gasteiger partial charge in [0, 0.05) is 5.41 Å². The van der Waals surface area contributed by atoms with Crippen LogP contribution in [0.25, 0.3) is 0 Å². The third-order valence-electron chi connectivity index (χ3n) is 3.79. The van der Waals surface area contributed by atoms with E-state index in [1.54, 1.807) is 12.2 Å². The molecular weight excluding hydrogens is 176 g/mol. The molecule has 0 heterocycles. The number of aliphatic hydroxyl groups excluding tert-OH is 1. The number of hydrogen-bond acceptors (Lipinski definition) is 2. The Balaban J connectivity index is 2.44. The fourth-order valence-electron chi connectivity index (χ4n) is 2.53. The number of ketones is 1. The maximum Gasteiger partial charge on any atom is 0.219 e. The van der Waals surface area contributed by atoms with Gasteiger partial charge in [-0.15, -0.1) is 0 Å². The molecule has 0 amide bonds. The minimum absolute atomic E-state index is 0.0787. The number of carbonyl (C=O) groups excluding carboxylic acids is 1. The summed E-state index contributed by atoms with van der Waals surface area (Å²) >= 11 is 0. The van der Waals surface area contributed by atoms with Gasteiger partial charge >= 0.3 is 0 Å². The summed E-state index contributed by atoms with van der Waals surface area (Å²) in [6.07, 6.45) is 6.70. The Morgan fingerprint density at radius 2 is 2.29 bits per heavy atom. The van der Waals surface area contributed by atoms with E-state index in [1.165, 1.54) is 12.0 Å². The highest BCUT2D eigenvalue weighted by Crippen LogP contribution is 2.48. The molecule has 0 saturated heterocycles. The van der Waals surface area contributed by atoms with Gasteiger partial charge in [-0.3, -0.25) is 4.79 Å². The molecule has 76 valence electrons. The molecule has 2 aliphatic rings. The predicted octanol–water partition coefficient (Wildman–Crippen LogP) is 2.76. The molecule has 0 bridgehead atoms. The zero-order chi connectivity index (χ0) is 10.3. The number of carbonyl (C=O) groups is 1. The van der Waals surface area contributed by atoms with E-state index >= 15 is 0 Å². The Hall–Kier alpha value is -1.05. The molecule has 2 nitrogen and oxygen atoms in total. The minimum Gasteiger partial charge on any atom is -0.504 e. The fourth-order valence-corrected chi connectivity index (χ4v) is 2.53. The molecule has 1 N–H and O–H groups in total. The van der Waals surface area contributed by atoms with Gasteiger partial charge in [0.05, 0.1) is 0 Å². The van der Waals surface area contributed by atoms with Gasteiger partial charge in [-0.1, -0.05) is 19.4 Å². The summed E-state index contributed by atoms with van der Waals surface area (Å²) in [5.74, 6) is 0.203. The standard InChI is InChI=1S/C12H16O2/c1-8-4-3-5-9-6-10(13)11(14)7-12(8,9)2/h6-8,14H,3-5H2,1-2H3. The topological polar surface area (TPSA) is 37.3 Å². The van der Waals surface area contributed by atoms with Crippen LogP contribution in [-0.2, 0) is 4.79 Å². The maximum atomic E-state index is 11.3. The molecule has 0 aliphatic heterocycles. The molecule has 0 aromatic heterocycles. The first kappa shape index (κ1) is 9.50. The van der Waals surface area contributed by atoms with E-state index < -0.39 is 0 Å². The monoisotopic (exact) mass is 192 g/mol. The largest absolute Gasteiger partial charge is 0.504 e. The summed E-state index contributed by atoms with van der Waals surface area (Å²) in [7, 11) is 0. The lowest BCUT2D eigenvalue weighted by Crippen LogP contribution is -2.33. The molecule has 2 atom stereocenters. The molecule has 0 aromatic carbocycles. The molecule has 2 aliphatic carbocycles. The molecule has 2 rings (SSSR count). The number of rotatable bonds is 0. The Labute approximate surface area is 84.3 Å². The Morgan fingerprint density at radius 1 is 1.57 bits per heavy atom. The summed E-state index contributed by atoms with van der Waals surface area (Å²) < 4.78 is 0. The molecule has 1 saturated carbocycles. The van der Waals surface area contributed by atoms with Crippen molar-refractivity contribution in [2.75, 3.05) is 0 Å². The lowest BCUT2D eigenvalue weighted by molar-refractivity contribution is -0.114. The van der Waals surface area contributed by atoms with E-state index in [-0.39, 0.29) is 17.0 Å². The summed E-state index contributed by atoms with van der Waals surface area (Å²) in [5, 5.41) is 9.47. The van der Waals surface area contributed by atoms with Crippen molar-refractivity contribution >= 4 is 5.78 Å². The average Bonchev–Trinajstić information content (AvgIpc) is 2.11. The molecule has 2 heteroatoms. The SMILES string of the molecule is CC1CCCC2=CC(=O)C(O)=CC21C. The van der Waals surface area contributed by atoms with Gasteiger partial charge in [0.25, 0.3) is 0 Å². The first-order chi connectivity index (χ1) is 6.54. The summed E-state index contributed by atoms with van der Waals surface area (Å²) in [6.45, 7) is 4.30. The molecule has 0 spiro atoms. The van der Waals surface area contributed by atoms with Crippen molar-refractivity contribution in [2.24, 2.45) is 11.3 Å². The van der Waals surface area contributed by atoms with Crippen LogP contribution < -0.4 is 0 Å². The minimum atomic E-state index is -0.230. The van der Waals surface area contributed by atoms with Crippen molar-refractivity contribution in [1.29, 1.82) is 0 Å². The van der Waals surface area contributed by atoms with Gasteiger partial charge in [0.2, 0.25) is 5.78 Å². The van der Waals surface area contributed by atoms with Gasteiger partial charge in [0.1, 0.15) is 0 Å². The van der Waals surface area contributed by atoms with Gasteiger partial charge < -0.3 is 5.11 Å². The number of fused-ring (bicyclic) bond motifs is 1. The second-order valence-corrected chi connectivity index (χ2v) is 4.64. The molecule has 1 fully saturated rings. The van der Waals surface area contributed by atoms with Crippen LogP contribution in [0, 0.1) is 11.3 Å². The lowest BCUT2D eigenvalue weighted by atomic mass is 9.63. The van der Waals surface area contributed by atoms with E-state index in [1.807, 2.05) is 0 Å². The highest BCUT2D eigenvalue weighted by molar-refractivity contribution is 6.03. The van der Waals surface area contributed by atoms with Crippen LogP contribution in [0.4, 0.5) is 0 Å². The zero-order valence-electron chi connectivity index (χ0n) is 8.71. The van der Waals surface area contributed by atoms with Crippen molar-refractivity contribution in [3.63, 3.8) is 0 Å². The zero-order valence-corrected chi connectivity index (χ0v) is 8.71. The van der Waals surface area contributed by atoms with E-state index in [0.717, 1.165) is 12.8 Å². The van der Waals surface area contributed by atoms with E-state index in [4.69, 9.17) is 0 Å². The number of aliphatic hydroxyl groups is 1. The highest BCUT2D eigenvalue weighted by Gasteiger charge is 2.39. The van der Waals surface area contributed by atoms with Crippen LogP contribution in [0.15, 0.2) is 23.5 Å². The smallest absolute Gasteiger partial charge is 0.219 e. The van der Waals surface area contributed by atoms with Crippen LogP contribution in [0.1, 0.15) is 33.1 Å².